The number of hydrogen-bond donors (Lipinski definition) is 2. The Kier molecular flexibility index (Phi) is 8.90. The third-order valence-electron chi connectivity index (χ3n) is 4.45. The molecular weight excluding hydrogens is 467 g/mol. The molecule has 2 aromatic carbocycles. The molecular formula is C23H22Cl2N4O2S. The fourth-order valence-electron chi connectivity index (χ4n) is 2.73. The van der Waals surface area contributed by atoms with Gasteiger partial charge >= 0.3 is 0 Å². The third-order valence-corrected chi connectivity index (χ3v) is 6.01. The van der Waals surface area contributed by atoms with Gasteiger partial charge in [-0.3, -0.25) is 9.59 Å². The van der Waals surface area contributed by atoms with E-state index >= 15 is 0 Å². The number of nitrogens with one attached hydrogen (secondary N) is 2. The van der Waals surface area contributed by atoms with E-state index in [1.165, 1.54) is 18.0 Å². The molecule has 0 unspecified atom stereocenters. The zero-order chi connectivity index (χ0) is 22.9. The Labute approximate surface area is 201 Å². The summed E-state index contributed by atoms with van der Waals surface area (Å²) >= 11 is 13.7. The highest BCUT2D eigenvalue weighted by Crippen LogP contribution is 2.25. The van der Waals surface area contributed by atoms with E-state index in [0.29, 0.717) is 28.9 Å². The Morgan fingerprint density at radius 2 is 1.78 bits per heavy atom. The number of hydrogen-bond acceptors (Lipinski definition) is 5. The topological polar surface area (TPSA) is 84.0 Å². The van der Waals surface area contributed by atoms with Crippen LogP contribution in [-0.2, 0) is 10.5 Å². The number of carbonyl (C=O) groups excluding carboxylic acids is 2. The molecule has 0 bridgehead atoms. The molecule has 3 rings (SSSR count). The molecule has 0 aliphatic heterocycles. The van der Waals surface area contributed by atoms with Crippen LogP contribution in [0.15, 0.2) is 59.9 Å². The van der Waals surface area contributed by atoms with Crippen molar-refractivity contribution in [1.82, 2.24) is 15.3 Å². The molecule has 0 radical (unpaired) electrons. The van der Waals surface area contributed by atoms with Crippen LogP contribution in [0.1, 0.15) is 34.5 Å². The monoisotopic (exact) mass is 488 g/mol. The number of rotatable bonds is 9. The lowest BCUT2D eigenvalue weighted by Crippen LogP contribution is -2.27. The normalized spacial score (nSPS) is 10.6. The first-order chi connectivity index (χ1) is 15.4. The van der Waals surface area contributed by atoms with Crippen LogP contribution in [0, 0.1) is 6.92 Å². The number of benzene rings is 2. The van der Waals surface area contributed by atoms with Crippen LogP contribution < -0.4 is 10.6 Å². The molecule has 6 nitrogen and oxygen atoms in total. The van der Waals surface area contributed by atoms with Crippen molar-refractivity contribution in [3.8, 4) is 0 Å². The number of aromatic nitrogens is 2. The van der Waals surface area contributed by atoms with Crippen LogP contribution >= 0.6 is 35.0 Å². The minimum absolute atomic E-state index is 0.104. The molecule has 2 amide bonds. The summed E-state index contributed by atoms with van der Waals surface area (Å²) in [4.78, 5) is 33.0. The van der Waals surface area contributed by atoms with Gasteiger partial charge in [0.1, 0.15) is 0 Å². The fourth-order valence-corrected chi connectivity index (χ4v) is 4.01. The summed E-state index contributed by atoms with van der Waals surface area (Å²) in [5.41, 5.74) is 2.93. The molecule has 9 heteroatoms. The largest absolute Gasteiger partial charge is 0.351 e. The van der Waals surface area contributed by atoms with E-state index in [0.717, 1.165) is 16.8 Å². The minimum Gasteiger partial charge on any atom is -0.351 e. The van der Waals surface area contributed by atoms with Crippen LogP contribution in [0.5, 0.6) is 0 Å². The first-order valence-electron chi connectivity index (χ1n) is 9.96. The van der Waals surface area contributed by atoms with Crippen molar-refractivity contribution in [3.05, 3.63) is 81.6 Å². The number of carbonyl (C=O) groups is 2. The van der Waals surface area contributed by atoms with Gasteiger partial charge in [0.2, 0.25) is 5.91 Å². The minimum atomic E-state index is -0.407. The summed E-state index contributed by atoms with van der Waals surface area (Å²) in [6.45, 7) is 2.31. The smallest absolute Gasteiger partial charge is 0.271 e. The molecule has 0 aliphatic carbocycles. The van der Waals surface area contributed by atoms with E-state index in [1.54, 1.807) is 0 Å². The van der Waals surface area contributed by atoms with Crippen molar-refractivity contribution in [2.24, 2.45) is 0 Å². The van der Waals surface area contributed by atoms with Gasteiger partial charge in [0.05, 0.1) is 11.2 Å². The van der Waals surface area contributed by atoms with E-state index < -0.39 is 5.91 Å². The van der Waals surface area contributed by atoms with E-state index in [1.807, 2.05) is 55.5 Å². The second-order valence-electron chi connectivity index (χ2n) is 7.00. The lowest BCUT2D eigenvalue weighted by Gasteiger charge is -2.08. The van der Waals surface area contributed by atoms with Crippen molar-refractivity contribution in [2.75, 3.05) is 11.9 Å². The Bertz CT molecular complexity index is 1090. The second-order valence-corrected chi connectivity index (χ2v) is 8.76. The second kappa shape index (κ2) is 11.9. The molecule has 0 saturated carbocycles. The summed E-state index contributed by atoms with van der Waals surface area (Å²) in [6, 6.07) is 15.1. The highest BCUT2D eigenvalue weighted by atomic mass is 35.5. The predicted molar refractivity (Wildman–Crippen MR) is 129 cm³/mol. The molecule has 1 heterocycles. The number of halogens is 2. The van der Waals surface area contributed by atoms with Crippen molar-refractivity contribution in [3.63, 3.8) is 0 Å². The van der Waals surface area contributed by atoms with Crippen LogP contribution in [0.3, 0.4) is 0 Å². The van der Waals surface area contributed by atoms with Crippen LogP contribution in [-0.4, -0.2) is 28.3 Å². The number of aryl methyl sites for hydroxylation is 1. The van der Waals surface area contributed by atoms with Crippen molar-refractivity contribution < 1.29 is 9.59 Å². The first kappa shape index (κ1) is 24.0. The average Bonchev–Trinajstić information content (AvgIpc) is 2.78. The molecule has 0 spiro atoms. The van der Waals surface area contributed by atoms with Crippen LogP contribution in [0.4, 0.5) is 5.69 Å². The highest BCUT2D eigenvalue weighted by Gasteiger charge is 2.15. The lowest BCUT2D eigenvalue weighted by atomic mass is 10.2. The van der Waals surface area contributed by atoms with Gasteiger partial charge in [-0.15, -0.1) is 0 Å². The molecule has 166 valence electrons. The summed E-state index contributed by atoms with van der Waals surface area (Å²) in [7, 11) is 0. The van der Waals surface area contributed by atoms with Crippen molar-refractivity contribution in [2.45, 2.75) is 30.7 Å². The quantitative estimate of drug-likeness (QED) is 0.235. The number of amides is 2. The summed E-state index contributed by atoms with van der Waals surface area (Å²) in [5, 5.41) is 6.85. The zero-order valence-corrected chi connectivity index (χ0v) is 19.7. The van der Waals surface area contributed by atoms with Gasteiger partial charge in [-0.25, -0.2) is 9.97 Å². The number of anilines is 1. The number of thioether (sulfide) groups is 1. The third kappa shape index (κ3) is 7.22. The molecule has 0 atom stereocenters. The van der Waals surface area contributed by atoms with Crippen molar-refractivity contribution in [1.29, 1.82) is 0 Å². The Balaban J connectivity index is 1.47. The SMILES string of the molecule is Cc1ccc(NC(=O)CCCNC(=O)c2nc(SCc3ccccc3Cl)ncc2Cl)cc1. The van der Waals surface area contributed by atoms with Gasteiger partial charge in [0.25, 0.3) is 5.91 Å². The number of nitrogens with zero attached hydrogens (tertiary/aromatic N) is 2. The maximum atomic E-state index is 12.5. The highest BCUT2D eigenvalue weighted by molar-refractivity contribution is 7.98. The standard InChI is InChI=1S/C23H22Cl2N4O2S/c1-15-8-10-17(11-9-15)28-20(30)7-4-12-26-22(31)21-19(25)13-27-23(29-21)32-14-16-5-2-3-6-18(16)24/h2-3,5-6,8-11,13H,4,7,12,14H2,1H3,(H,26,31)(H,28,30). The van der Waals surface area contributed by atoms with Gasteiger partial charge in [-0.2, -0.15) is 0 Å². The maximum Gasteiger partial charge on any atom is 0.271 e. The maximum absolute atomic E-state index is 12.5. The van der Waals surface area contributed by atoms with E-state index in [2.05, 4.69) is 20.6 Å². The molecule has 0 fully saturated rings. The molecule has 0 aliphatic rings. The van der Waals surface area contributed by atoms with Crippen LogP contribution in [0.25, 0.3) is 0 Å². The Morgan fingerprint density at radius 3 is 2.53 bits per heavy atom. The van der Waals surface area contributed by atoms with Gasteiger partial charge in [-0.05, 0) is 37.1 Å². The molecule has 3 aromatic rings. The molecule has 1 aromatic heterocycles. The Hall–Kier alpha value is -2.61. The molecule has 2 N–H and O–H groups in total. The molecule has 32 heavy (non-hydrogen) atoms. The van der Waals surface area contributed by atoms with Gasteiger partial charge in [0, 0.05) is 29.4 Å². The average molecular weight is 489 g/mol. The van der Waals surface area contributed by atoms with E-state index in [9.17, 15) is 9.59 Å². The zero-order valence-electron chi connectivity index (χ0n) is 17.4. The summed E-state index contributed by atoms with van der Waals surface area (Å²) < 4.78 is 0. The van der Waals surface area contributed by atoms with E-state index in [4.69, 9.17) is 23.2 Å². The summed E-state index contributed by atoms with van der Waals surface area (Å²) in [5.74, 6) is 0.0516. The van der Waals surface area contributed by atoms with Gasteiger partial charge in [-0.1, -0.05) is 70.9 Å². The Morgan fingerprint density at radius 1 is 1.03 bits per heavy atom. The molecule has 0 saturated heterocycles. The van der Waals surface area contributed by atoms with Crippen LogP contribution in [0.2, 0.25) is 10.0 Å². The van der Waals surface area contributed by atoms with E-state index in [-0.39, 0.29) is 23.0 Å². The summed E-state index contributed by atoms with van der Waals surface area (Å²) in [6.07, 6.45) is 2.18. The van der Waals surface area contributed by atoms with Crippen molar-refractivity contribution >= 4 is 52.5 Å². The lowest BCUT2D eigenvalue weighted by molar-refractivity contribution is -0.116. The van der Waals surface area contributed by atoms with Gasteiger partial charge in [0.15, 0.2) is 10.9 Å². The fraction of sp³-hybridized carbons (Fsp3) is 0.217. The first-order valence-corrected chi connectivity index (χ1v) is 11.7. The predicted octanol–water partition coefficient (Wildman–Crippen LogP) is 5.53. The van der Waals surface area contributed by atoms with Gasteiger partial charge < -0.3 is 10.6 Å².